The van der Waals surface area contributed by atoms with Gasteiger partial charge >= 0.3 is 0 Å². The van der Waals surface area contributed by atoms with E-state index >= 15 is 0 Å². The molecule has 0 spiro atoms. The number of hydrogen-bond donors (Lipinski definition) is 0. The van der Waals surface area contributed by atoms with Crippen molar-refractivity contribution in [2.24, 2.45) is 0 Å². The molecule has 0 atom stereocenters. The molecule has 20 valence electrons. The summed E-state index contributed by atoms with van der Waals surface area (Å²) in [5.41, 5.74) is 0. The maximum Gasteiger partial charge on any atom is 0 e. The minimum absolute atomic E-state index is 0. The van der Waals surface area contributed by atoms with Crippen molar-refractivity contribution in [1.82, 2.24) is 0 Å². The van der Waals surface area contributed by atoms with E-state index in [1.807, 2.05) is 0 Å². The molecule has 0 heterocycles. The van der Waals surface area contributed by atoms with Crippen LogP contribution in [0.4, 0.5) is 0 Å². The molecular formula is Ge4Si. The molecular weight excluding hydrogens is 319 g/mol. The van der Waals surface area contributed by atoms with E-state index in [0.29, 0.717) is 0 Å². The summed E-state index contributed by atoms with van der Waals surface area (Å²) in [6.45, 7) is 0. The van der Waals surface area contributed by atoms with Crippen LogP contribution >= 0.6 is 0 Å². The van der Waals surface area contributed by atoms with Crippen molar-refractivity contribution in [3.63, 3.8) is 0 Å². The van der Waals surface area contributed by atoms with Gasteiger partial charge in [-0.15, -0.1) is 0 Å². The quantitative estimate of drug-likeness (QED) is 0.458. The van der Waals surface area contributed by atoms with Gasteiger partial charge in [-0.05, 0) is 0 Å². The molecule has 0 amide bonds. The van der Waals surface area contributed by atoms with Gasteiger partial charge in [0.15, 0.2) is 0 Å². The Bertz CT molecular complexity index is 3.61. The summed E-state index contributed by atoms with van der Waals surface area (Å²) in [5.74, 6) is 0. The fourth-order valence-electron chi connectivity index (χ4n) is 0. The zero-order valence-electron chi connectivity index (χ0n) is 2.50. The average molecular weight is 319 g/mol. The second-order valence-corrected chi connectivity index (χ2v) is 0. The van der Waals surface area contributed by atoms with Crippen molar-refractivity contribution in [2.75, 3.05) is 0 Å². The Morgan fingerprint density at radius 1 is 0.400 bits per heavy atom. The van der Waals surface area contributed by atoms with E-state index in [1.165, 1.54) is 0 Å². The van der Waals surface area contributed by atoms with Gasteiger partial charge in [0.25, 0.3) is 0 Å². The Morgan fingerprint density at radius 2 is 0.400 bits per heavy atom. The van der Waals surface area contributed by atoms with Crippen molar-refractivity contribution >= 4 is 81.4 Å². The summed E-state index contributed by atoms with van der Waals surface area (Å²) >= 11 is 0. The molecule has 0 rings (SSSR count). The molecule has 0 bridgehead atoms. The summed E-state index contributed by atoms with van der Waals surface area (Å²) in [6.07, 6.45) is 0. The minimum atomic E-state index is 0. The van der Waals surface area contributed by atoms with Crippen LogP contribution in [0.5, 0.6) is 0 Å². The number of rotatable bonds is 0. The van der Waals surface area contributed by atoms with E-state index in [2.05, 4.69) is 0 Å². The van der Waals surface area contributed by atoms with Crippen LogP contribution in [0.25, 0.3) is 0 Å². The molecule has 0 nitrogen and oxygen atoms in total. The van der Waals surface area contributed by atoms with E-state index < -0.39 is 0 Å². The molecule has 0 saturated heterocycles. The number of hydrogen-bond acceptors (Lipinski definition) is 0. The molecule has 0 fully saturated rings. The first-order valence-electron chi connectivity index (χ1n) is 0. The molecule has 0 aromatic rings. The normalized spacial score (nSPS) is 0. The predicted octanol–water partition coefficient (Wildman–Crippen LogP) is -1.90. The molecule has 0 aliphatic carbocycles. The van der Waals surface area contributed by atoms with Crippen molar-refractivity contribution in [3.8, 4) is 0 Å². The van der Waals surface area contributed by atoms with Crippen molar-refractivity contribution < 1.29 is 0 Å². The van der Waals surface area contributed by atoms with Crippen molar-refractivity contribution in [1.29, 1.82) is 0 Å². The zero-order valence-corrected chi connectivity index (χ0v) is 11.9. The van der Waals surface area contributed by atoms with Crippen LogP contribution in [0.15, 0.2) is 0 Å². The third-order valence-electron chi connectivity index (χ3n) is 0. The van der Waals surface area contributed by atoms with Gasteiger partial charge in [0.1, 0.15) is 0 Å². The summed E-state index contributed by atoms with van der Waals surface area (Å²) in [5, 5.41) is 0. The molecule has 20 radical (unpaired) electrons. The molecule has 0 aromatic heterocycles. The summed E-state index contributed by atoms with van der Waals surface area (Å²) < 4.78 is 0. The van der Waals surface area contributed by atoms with Gasteiger partial charge in [-0.2, -0.15) is 0 Å². The molecule has 0 aliphatic heterocycles. The molecule has 0 aliphatic rings. The van der Waals surface area contributed by atoms with E-state index in [-0.39, 0.29) is 81.4 Å². The molecule has 0 unspecified atom stereocenters. The topological polar surface area (TPSA) is 0 Å². The van der Waals surface area contributed by atoms with Gasteiger partial charge in [0, 0.05) is 81.4 Å². The smallest absolute Gasteiger partial charge is 0 e. The van der Waals surface area contributed by atoms with Crippen LogP contribution in [0, 0.1) is 0 Å². The fourth-order valence-corrected chi connectivity index (χ4v) is 0. The van der Waals surface area contributed by atoms with Gasteiger partial charge in [-0.1, -0.05) is 0 Å². The molecule has 0 saturated carbocycles. The van der Waals surface area contributed by atoms with Crippen molar-refractivity contribution in [3.05, 3.63) is 0 Å². The molecule has 5 heteroatoms. The third kappa shape index (κ3) is 21.6. The van der Waals surface area contributed by atoms with Crippen LogP contribution in [-0.4, -0.2) is 81.4 Å². The predicted molar refractivity (Wildman–Crippen MR) is 28.8 cm³/mol. The minimum Gasteiger partial charge on any atom is 0 e. The molecule has 5 heavy (non-hydrogen) atoms. The van der Waals surface area contributed by atoms with Crippen LogP contribution < -0.4 is 0 Å². The van der Waals surface area contributed by atoms with E-state index in [4.69, 9.17) is 0 Å². The van der Waals surface area contributed by atoms with Crippen LogP contribution in [-0.2, 0) is 0 Å². The standard InChI is InChI=1S/4Ge.Si. The summed E-state index contributed by atoms with van der Waals surface area (Å²) in [4.78, 5) is 0. The van der Waals surface area contributed by atoms with Gasteiger partial charge < -0.3 is 0 Å². The Kier molecular flexibility index (Phi) is 344. The van der Waals surface area contributed by atoms with E-state index in [0.717, 1.165) is 0 Å². The monoisotopic (exact) mass is 324 g/mol. The fraction of sp³-hybridized carbons (Fsp3) is 0. The van der Waals surface area contributed by atoms with Crippen molar-refractivity contribution in [2.45, 2.75) is 0 Å². The van der Waals surface area contributed by atoms with E-state index in [9.17, 15) is 0 Å². The van der Waals surface area contributed by atoms with Gasteiger partial charge in [0.05, 0.1) is 0 Å². The first-order chi connectivity index (χ1) is 0. The summed E-state index contributed by atoms with van der Waals surface area (Å²) in [6, 6.07) is 0. The Labute approximate surface area is 80.5 Å². The molecule has 0 N–H and O–H groups in total. The van der Waals surface area contributed by atoms with Crippen LogP contribution in [0.1, 0.15) is 0 Å². The SMILES string of the molecule is [Ge].[Ge].[Ge].[Ge].[Si]. The second kappa shape index (κ2) is 32.5. The second-order valence-electron chi connectivity index (χ2n) is 0. The average Bonchev–Trinajstić information content (AvgIpc) is 0. The third-order valence-corrected chi connectivity index (χ3v) is 0. The van der Waals surface area contributed by atoms with Gasteiger partial charge in [-0.3, -0.25) is 0 Å². The van der Waals surface area contributed by atoms with Crippen LogP contribution in [0.3, 0.4) is 0 Å². The van der Waals surface area contributed by atoms with Gasteiger partial charge in [-0.25, -0.2) is 0 Å². The first kappa shape index (κ1) is 52.9. The largest absolute Gasteiger partial charge is 0 e. The Balaban J connectivity index is 0. The maximum atomic E-state index is 0. The first-order valence-corrected chi connectivity index (χ1v) is 0. The van der Waals surface area contributed by atoms with Gasteiger partial charge in [0.2, 0.25) is 0 Å². The Morgan fingerprint density at radius 3 is 0.400 bits per heavy atom. The maximum absolute atomic E-state index is 0. The zero-order chi connectivity index (χ0) is 0. The Hall–Kier alpha value is 2.39. The van der Waals surface area contributed by atoms with Crippen LogP contribution in [0.2, 0.25) is 0 Å². The van der Waals surface area contributed by atoms with E-state index in [1.54, 1.807) is 0 Å². The molecule has 0 aromatic carbocycles. The summed E-state index contributed by atoms with van der Waals surface area (Å²) in [7, 11) is 0.